The number of ether oxygens (including phenoxy) is 1. The second-order valence-corrected chi connectivity index (χ2v) is 7.59. The van der Waals surface area contributed by atoms with Crippen molar-refractivity contribution in [3.63, 3.8) is 0 Å². The topological polar surface area (TPSA) is 66.8 Å². The quantitative estimate of drug-likeness (QED) is 0.336. The van der Waals surface area contributed by atoms with Crippen molar-refractivity contribution in [2.75, 3.05) is 7.11 Å². The molecule has 0 radical (unpaired) electrons. The maximum absolute atomic E-state index is 13.8. The molecule has 1 aliphatic carbocycles. The van der Waals surface area contributed by atoms with E-state index in [9.17, 15) is 14.3 Å². The van der Waals surface area contributed by atoms with Gasteiger partial charge in [-0.05, 0) is 43.9 Å². The molecule has 2 N–H and O–H groups in total. The van der Waals surface area contributed by atoms with E-state index >= 15 is 0 Å². The number of methoxy groups -OCH3 is 1. The molecule has 3 unspecified atom stereocenters. The third-order valence-corrected chi connectivity index (χ3v) is 5.58. The Morgan fingerprint density at radius 2 is 2.00 bits per heavy atom. The lowest BCUT2D eigenvalue weighted by Gasteiger charge is -2.18. The lowest BCUT2D eigenvalue weighted by Crippen LogP contribution is -2.22. The van der Waals surface area contributed by atoms with Crippen LogP contribution in [0, 0.1) is 11.8 Å². The molecule has 0 aromatic carbocycles. The fourth-order valence-electron chi connectivity index (χ4n) is 3.88. The highest BCUT2D eigenvalue weighted by Gasteiger charge is 2.25. The molecule has 1 fully saturated rings. The zero-order valence-corrected chi connectivity index (χ0v) is 16.4. The molecule has 0 aromatic rings. The molecule has 5 atom stereocenters. The summed E-state index contributed by atoms with van der Waals surface area (Å²) >= 11 is 0. The number of aliphatic hydroxyl groups excluding tert-OH is 1. The van der Waals surface area contributed by atoms with Gasteiger partial charge >= 0.3 is 5.97 Å². The third kappa shape index (κ3) is 8.63. The summed E-state index contributed by atoms with van der Waals surface area (Å²) in [4.78, 5) is 10.9. The number of allylic oxidation sites excluding steroid dienone is 1. The number of carboxylic acids is 1. The fraction of sp³-hybridized carbons (Fsp3) is 0.857. The van der Waals surface area contributed by atoms with Crippen molar-refractivity contribution >= 4 is 5.97 Å². The molecule has 0 bridgehead atoms. The normalized spacial score (nSPS) is 24.0. The first-order valence-corrected chi connectivity index (χ1v) is 10.3. The van der Waals surface area contributed by atoms with Crippen LogP contribution in [-0.4, -0.2) is 41.7 Å². The number of alkyl halides is 1. The van der Waals surface area contributed by atoms with Crippen molar-refractivity contribution in [3.8, 4) is 0 Å². The molecule has 1 saturated carbocycles. The number of aliphatic hydroxyl groups is 1. The Labute approximate surface area is 157 Å². The minimum atomic E-state index is -1.16. The fourth-order valence-corrected chi connectivity index (χ4v) is 3.88. The van der Waals surface area contributed by atoms with Gasteiger partial charge in [0, 0.05) is 7.11 Å². The first kappa shape index (κ1) is 23.1. The van der Waals surface area contributed by atoms with Crippen LogP contribution in [0.4, 0.5) is 4.39 Å². The van der Waals surface area contributed by atoms with E-state index in [4.69, 9.17) is 9.84 Å². The summed E-state index contributed by atoms with van der Waals surface area (Å²) in [5.41, 5.74) is 0. The number of hydrogen-bond donors (Lipinski definition) is 2. The number of carbonyl (C=O) groups is 1. The predicted molar refractivity (Wildman–Crippen MR) is 102 cm³/mol. The number of carboxylic acid groups (broad SMARTS) is 1. The van der Waals surface area contributed by atoms with Crippen molar-refractivity contribution in [1.29, 1.82) is 0 Å². The number of hydrogen-bond acceptors (Lipinski definition) is 3. The van der Waals surface area contributed by atoms with Gasteiger partial charge in [0.25, 0.3) is 0 Å². The molecule has 1 aliphatic rings. The van der Waals surface area contributed by atoms with E-state index in [-0.39, 0.29) is 0 Å². The maximum Gasteiger partial charge on any atom is 0.332 e. The Morgan fingerprint density at radius 3 is 2.65 bits per heavy atom. The van der Waals surface area contributed by atoms with Crippen molar-refractivity contribution in [2.45, 2.75) is 95.9 Å². The second kappa shape index (κ2) is 13.3. The largest absolute Gasteiger partial charge is 0.479 e. The average molecular weight is 373 g/mol. The summed E-state index contributed by atoms with van der Waals surface area (Å²) in [5, 5.41) is 18.9. The van der Waals surface area contributed by atoms with Gasteiger partial charge in [0.05, 0.1) is 0 Å². The zero-order valence-electron chi connectivity index (χ0n) is 16.4. The van der Waals surface area contributed by atoms with Gasteiger partial charge in [-0.1, -0.05) is 57.6 Å². The molecular weight excluding hydrogens is 335 g/mol. The van der Waals surface area contributed by atoms with Gasteiger partial charge < -0.3 is 14.9 Å². The summed E-state index contributed by atoms with van der Waals surface area (Å²) in [6.07, 6.45) is 11.2. The standard InChI is InChI=1S/C21H37FO4/c1-3-4-12-18(22)19(23)15-14-17-11-8-10-16(17)9-6-5-7-13-20(26-2)21(24)25/h14-20,23H,3-13H2,1-2H3,(H,24,25)/b15-14+/t16-,17+,18?,19?,20?/m0/s1. The molecule has 1 rings (SSSR count). The van der Waals surface area contributed by atoms with Crippen LogP contribution in [0.15, 0.2) is 12.2 Å². The third-order valence-electron chi connectivity index (χ3n) is 5.58. The summed E-state index contributed by atoms with van der Waals surface area (Å²) in [6.45, 7) is 2.02. The zero-order chi connectivity index (χ0) is 19.4. The van der Waals surface area contributed by atoms with Crippen LogP contribution in [0.1, 0.15) is 77.6 Å². The van der Waals surface area contributed by atoms with Gasteiger partial charge in [-0.25, -0.2) is 9.18 Å². The Morgan fingerprint density at radius 1 is 1.23 bits per heavy atom. The Balaban J connectivity index is 2.28. The highest BCUT2D eigenvalue weighted by Crippen LogP contribution is 2.36. The highest BCUT2D eigenvalue weighted by molar-refractivity contribution is 5.72. The molecule has 5 heteroatoms. The van der Waals surface area contributed by atoms with Crippen molar-refractivity contribution in [2.24, 2.45) is 11.8 Å². The van der Waals surface area contributed by atoms with E-state index in [2.05, 4.69) is 0 Å². The van der Waals surface area contributed by atoms with E-state index in [0.717, 1.165) is 44.9 Å². The summed E-state index contributed by atoms with van der Waals surface area (Å²) < 4.78 is 18.8. The van der Waals surface area contributed by atoms with Gasteiger partial charge in [0.15, 0.2) is 6.10 Å². The lowest BCUT2D eigenvalue weighted by atomic mass is 9.89. The molecule has 0 saturated heterocycles. The molecule has 26 heavy (non-hydrogen) atoms. The molecule has 0 heterocycles. The minimum Gasteiger partial charge on any atom is -0.479 e. The van der Waals surface area contributed by atoms with Crippen molar-refractivity contribution in [1.82, 2.24) is 0 Å². The van der Waals surface area contributed by atoms with E-state index in [0.29, 0.717) is 24.7 Å². The molecule has 0 amide bonds. The summed E-state index contributed by atoms with van der Waals surface area (Å²) in [5.74, 6) is 0.149. The van der Waals surface area contributed by atoms with Crippen LogP contribution >= 0.6 is 0 Å². The van der Waals surface area contributed by atoms with E-state index in [1.54, 1.807) is 6.08 Å². The molecule has 152 valence electrons. The highest BCUT2D eigenvalue weighted by atomic mass is 19.1. The first-order chi connectivity index (χ1) is 12.5. The predicted octanol–water partition coefficient (Wildman–Crippen LogP) is 4.90. The van der Waals surface area contributed by atoms with E-state index in [1.165, 1.54) is 20.0 Å². The molecule has 0 aromatic heterocycles. The van der Waals surface area contributed by atoms with Crippen LogP contribution < -0.4 is 0 Å². The van der Waals surface area contributed by atoms with Crippen molar-refractivity contribution < 1.29 is 24.1 Å². The summed E-state index contributed by atoms with van der Waals surface area (Å²) in [7, 11) is 1.44. The van der Waals surface area contributed by atoms with Gasteiger partial charge in [-0.15, -0.1) is 0 Å². The van der Waals surface area contributed by atoms with Crippen LogP contribution in [0.5, 0.6) is 0 Å². The van der Waals surface area contributed by atoms with Gasteiger partial charge in [-0.3, -0.25) is 0 Å². The molecular formula is C21H37FO4. The Kier molecular flexibility index (Phi) is 11.8. The number of halogens is 1. The minimum absolute atomic E-state index is 0.426. The van der Waals surface area contributed by atoms with E-state index < -0.39 is 24.3 Å². The van der Waals surface area contributed by atoms with Crippen LogP contribution in [0.25, 0.3) is 0 Å². The lowest BCUT2D eigenvalue weighted by molar-refractivity contribution is -0.148. The molecule has 0 aliphatic heterocycles. The molecule has 4 nitrogen and oxygen atoms in total. The van der Waals surface area contributed by atoms with Crippen LogP contribution in [0.3, 0.4) is 0 Å². The second-order valence-electron chi connectivity index (χ2n) is 7.59. The monoisotopic (exact) mass is 372 g/mol. The van der Waals surface area contributed by atoms with Crippen LogP contribution in [0.2, 0.25) is 0 Å². The number of aliphatic carboxylic acids is 1. The smallest absolute Gasteiger partial charge is 0.332 e. The molecule has 0 spiro atoms. The number of unbranched alkanes of at least 4 members (excludes halogenated alkanes) is 3. The van der Waals surface area contributed by atoms with Gasteiger partial charge in [-0.2, -0.15) is 0 Å². The first-order valence-electron chi connectivity index (χ1n) is 10.3. The van der Waals surface area contributed by atoms with Crippen LogP contribution in [-0.2, 0) is 9.53 Å². The Bertz CT molecular complexity index is 413. The van der Waals surface area contributed by atoms with E-state index in [1.807, 2.05) is 13.0 Å². The van der Waals surface area contributed by atoms with Crippen molar-refractivity contribution in [3.05, 3.63) is 12.2 Å². The summed E-state index contributed by atoms with van der Waals surface area (Å²) in [6, 6.07) is 0. The van der Waals surface area contributed by atoms with Gasteiger partial charge in [0.2, 0.25) is 0 Å². The maximum atomic E-state index is 13.8. The average Bonchev–Trinajstić information content (AvgIpc) is 3.07. The Hall–Kier alpha value is -0.940. The van der Waals surface area contributed by atoms with Gasteiger partial charge in [0.1, 0.15) is 12.3 Å². The number of rotatable bonds is 14. The SMILES string of the molecule is CCCCC(F)C(O)/C=C/[C@H]1CCC[C@@H]1CCCCCC(OC)C(=O)O.